The van der Waals surface area contributed by atoms with Crippen molar-refractivity contribution in [2.24, 2.45) is 0 Å². The van der Waals surface area contributed by atoms with Crippen LogP contribution >= 0.6 is 0 Å². The first kappa shape index (κ1) is 16.6. The highest BCUT2D eigenvalue weighted by Crippen LogP contribution is 2.34. The van der Waals surface area contributed by atoms with Gasteiger partial charge in [-0.05, 0) is 25.1 Å². The molecule has 5 rings (SSSR count). The quantitative estimate of drug-likeness (QED) is 0.391. The van der Waals surface area contributed by atoms with E-state index in [4.69, 9.17) is 5.10 Å². The summed E-state index contributed by atoms with van der Waals surface area (Å²) in [7, 11) is 0. The van der Waals surface area contributed by atoms with E-state index in [1.165, 1.54) is 6.07 Å². The number of halogens is 2. The van der Waals surface area contributed by atoms with Crippen LogP contribution in [0.1, 0.15) is 5.56 Å². The van der Waals surface area contributed by atoms with Gasteiger partial charge in [0.1, 0.15) is 17.0 Å². The lowest BCUT2D eigenvalue weighted by Gasteiger charge is -2.07. The summed E-state index contributed by atoms with van der Waals surface area (Å²) in [5.41, 5.74) is 4.32. The van der Waals surface area contributed by atoms with E-state index in [9.17, 15) is 8.78 Å². The molecule has 0 N–H and O–H groups in total. The minimum atomic E-state index is -0.685. The summed E-state index contributed by atoms with van der Waals surface area (Å²) in [6, 6.07) is 19.7. The van der Waals surface area contributed by atoms with E-state index < -0.39 is 11.6 Å². The molecule has 2 aromatic heterocycles. The van der Waals surface area contributed by atoms with Crippen LogP contribution in [0.5, 0.6) is 0 Å². The summed E-state index contributed by atoms with van der Waals surface area (Å²) < 4.78 is 30.1. The smallest absolute Gasteiger partial charge is 0.152 e. The van der Waals surface area contributed by atoms with Crippen LogP contribution in [0, 0.1) is 18.6 Å². The van der Waals surface area contributed by atoms with Crippen molar-refractivity contribution in [1.29, 1.82) is 0 Å². The second-order valence-electron chi connectivity index (χ2n) is 6.77. The molecule has 0 amide bonds. The van der Waals surface area contributed by atoms with E-state index in [0.717, 1.165) is 34.0 Å². The zero-order valence-corrected chi connectivity index (χ0v) is 15.0. The lowest BCUT2D eigenvalue weighted by molar-refractivity contribution is 0.590. The first-order valence-corrected chi connectivity index (χ1v) is 8.91. The summed E-state index contributed by atoms with van der Waals surface area (Å²) in [5, 5.41) is 5.93. The monoisotopic (exact) mass is 371 g/mol. The maximum Gasteiger partial charge on any atom is 0.152 e. The Morgan fingerprint density at radius 2 is 1.61 bits per heavy atom. The number of benzene rings is 3. The first-order valence-electron chi connectivity index (χ1n) is 8.91. The number of aryl methyl sites for hydroxylation is 1. The molecule has 0 bridgehead atoms. The summed E-state index contributed by atoms with van der Waals surface area (Å²) in [6.07, 6.45) is 1.61. The number of aromatic nitrogens is 3. The van der Waals surface area contributed by atoms with Gasteiger partial charge in [-0.3, -0.25) is 4.98 Å². The van der Waals surface area contributed by atoms with Crippen LogP contribution in [0.3, 0.4) is 0 Å². The Morgan fingerprint density at radius 3 is 2.36 bits per heavy atom. The van der Waals surface area contributed by atoms with Crippen LogP contribution in [0.4, 0.5) is 8.78 Å². The Morgan fingerprint density at radius 1 is 0.857 bits per heavy atom. The second-order valence-corrected chi connectivity index (χ2v) is 6.77. The van der Waals surface area contributed by atoms with Gasteiger partial charge in [-0.25, -0.2) is 13.5 Å². The van der Waals surface area contributed by atoms with Crippen molar-refractivity contribution in [2.45, 2.75) is 6.92 Å². The topological polar surface area (TPSA) is 30.7 Å². The minimum absolute atomic E-state index is 0.127. The van der Waals surface area contributed by atoms with E-state index in [1.54, 1.807) is 10.9 Å². The van der Waals surface area contributed by atoms with Gasteiger partial charge < -0.3 is 0 Å². The third-order valence-electron chi connectivity index (χ3n) is 4.85. The molecule has 136 valence electrons. The average molecular weight is 371 g/mol. The molecular weight excluding hydrogens is 356 g/mol. The predicted molar refractivity (Wildman–Crippen MR) is 106 cm³/mol. The van der Waals surface area contributed by atoms with E-state index in [2.05, 4.69) is 4.98 Å². The zero-order valence-electron chi connectivity index (χ0n) is 15.0. The predicted octanol–water partition coefficient (Wildman–Crippen LogP) is 5.83. The van der Waals surface area contributed by atoms with Gasteiger partial charge in [-0.1, -0.05) is 48.0 Å². The third kappa shape index (κ3) is 2.55. The molecule has 0 saturated heterocycles. The van der Waals surface area contributed by atoms with Crippen LogP contribution < -0.4 is 0 Å². The fraction of sp³-hybridized carbons (Fsp3) is 0.0435. The van der Waals surface area contributed by atoms with Gasteiger partial charge in [0, 0.05) is 28.6 Å². The molecule has 3 nitrogen and oxygen atoms in total. The van der Waals surface area contributed by atoms with Crippen molar-refractivity contribution in [3.05, 3.63) is 90.1 Å². The van der Waals surface area contributed by atoms with Crippen molar-refractivity contribution in [1.82, 2.24) is 14.8 Å². The van der Waals surface area contributed by atoms with E-state index >= 15 is 0 Å². The molecule has 0 radical (unpaired) electrons. The van der Waals surface area contributed by atoms with Crippen LogP contribution in [-0.2, 0) is 0 Å². The molecule has 5 heteroatoms. The summed E-state index contributed by atoms with van der Waals surface area (Å²) in [4.78, 5) is 4.26. The highest BCUT2D eigenvalue weighted by Gasteiger charge is 2.19. The number of pyridine rings is 1. The lowest BCUT2D eigenvalue weighted by atomic mass is 10.1. The summed E-state index contributed by atoms with van der Waals surface area (Å²) in [6.45, 7) is 2.00. The Balaban J connectivity index is 1.94. The molecule has 0 fully saturated rings. The van der Waals surface area contributed by atoms with Crippen LogP contribution in [0.15, 0.2) is 72.9 Å². The highest BCUT2D eigenvalue weighted by molar-refractivity contribution is 6.08. The van der Waals surface area contributed by atoms with E-state index in [0.29, 0.717) is 10.9 Å². The normalized spacial score (nSPS) is 11.4. The van der Waals surface area contributed by atoms with Crippen molar-refractivity contribution in [2.75, 3.05) is 0 Å². The molecular formula is C23H15F2N3. The summed E-state index contributed by atoms with van der Waals surface area (Å²) >= 11 is 0. The lowest BCUT2D eigenvalue weighted by Crippen LogP contribution is -1.98. The van der Waals surface area contributed by atoms with Gasteiger partial charge in [0.2, 0.25) is 0 Å². The van der Waals surface area contributed by atoms with Crippen LogP contribution in [0.25, 0.3) is 38.8 Å². The molecule has 3 aromatic carbocycles. The fourth-order valence-electron chi connectivity index (χ4n) is 3.50. The van der Waals surface area contributed by atoms with Gasteiger partial charge in [0.15, 0.2) is 5.82 Å². The van der Waals surface area contributed by atoms with Crippen molar-refractivity contribution in [3.63, 3.8) is 0 Å². The average Bonchev–Trinajstić information content (AvgIpc) is 3.09. The molecule has 5 aromatic rings. The molecule has 0 unspecified atom stereocenters. The Hall–Kier alpha value is -3.60. The van der Waals surface area contributed by atoms with Gasteiger partial charge >= 0.3 is 0 Å². The highest BCUT2D eigenvalue weighted by atomic mass is 19.1. The first-order chi connectivity index (χ1) is 13.6. The minimum Gasteiger partial charge on any atom is -0.252 e. The molecule has 2 heterocycles. The van der Waals surface area contributed by atoms with Gasteiger partial charge in [0.25, 0.3) is 0 Å². The maximum absolute atomic E-state index is 14.4. The van der Waals surface area contributed by atoms with Crippen molar-refractivity contribution in [3.8, 4) is 16.9 Å². The Labute approximate surface area is 159 Å². The number of hydrogen-bond acceptors (Lipinski definition) is 2. The van der Waals surface area contributed by atoms with Crippen LogP contribution in [0.2, 0.25) is 0 Å². The SMILES string of the molecule is Cc1ccc(-n2nc(-c3ccccc3)c3cnc4c(F)cc(F)cc4c32)cc1. The molecule has 0 spiro atoms. The molecule has 0 atom stereocenters. The standard InChI is InChI=1S/C23H15F2N3/c1-14-7-9-17(10-8-14)28-23-18-11-16(24)12-20(25)22(18)26-13-19(23)21(27-28)15-5-3-2-4-6-15/h2-13H,1H3. The number of rotatable bonds is 2. The summed E-state index contributed by atoms with van der Waals surface area (Å²) in [5.74, 6) is -1.33. The van der Waals surface area contributed by atoms with E-state index in [1.807, 2.05) is 61.5 Å². The number of nitrogens with zero attached hydrogens (tertiary/aromatic N) is 3. The number of fused-ring (bicyclic) bond motifs is 3. The van der Waals surface area contributed by atoms with Gasteiger partial charge in [0.05, 0.1) is 11.2 Å². The fourth-order valence-corrected chi connectivity index (χ4v) is 3.50. The molecule has 0 aliphatic rings. The second kappa shape index (κ2) is 6.23. The van der Waals surface area contributed by atoms with Crippen molar-refractivity contribution < 1.29 is 8.78 Å². The molecule has 28 heavy (non-hydrogen) atoms. The Kier molecular flexibility index (Phi) is 3.69. The third-order valence-corrected chi connectivity index (χ3v) is 4.85. The molecule has 0 aliphatic heterocycles. The maximum atomic E-state index is 14.4. The van der Waals surface area contributed by atoms with Crippen LogP contribution in [-0.4, -0.2) is 14.8 Å². The van der Waals surface area contributed by atoms with Gasteiger partial charge in [-0.15, -0.1) is 0 Å². The molecule has 0 saturated carbocycles. The van der Waals surface area contributed by atoms with Gasteiger partial charge in [-0.2, -0.15) is 5.10 Å². The van der Waals surface area contributed by atoms with E-state index in [-0.39, 0.29) is 5.52 Å². The number of hydrogen-bond donors (Lipinski definition) is 0. The zero-order chi connectivity index (χ0) is 19.3. The largest absolute Gasteiger partial charge is 0.252 e. The van der Waals surface area contributed by atoms with Crippen molar-refractivity contribution >= 4 is 21.8 Å². The molecule has 0 aliphatic carbocycles. The Bertz CT molecular complexity index is 1320.